The van der Waals surface area contributed by atoms with Gasteiger partial charge >= 0.3 is 0 Å². The molecule has 5 nitrogen and oxygen atoms in total. The smallest absolute Gasteiger partial charge is 0.151 e. The van der Waals surface area contributed by atoms with E-state index in [9.17, 15) is 0 Å². The van der Waals surface area contributed by atoms with Crippen molar-refractivity contribution in [1.82, 2.24) is 9.88 Å². The molecule has 2 saturated heterocycles. The van der Waals surface area contributed by atoms with Gasteiger partial charge in [-0.1, -0.05) is 24.3 Å². The van der Waals surface area contributed by atoms with Crippen LogP contribution in [0.5, 0.6) is 11.5 Å². The van der Waals surface area contributed by atoms with Crippen molar-refractivity contribution in [2.75, 3.05) is 4.90 Å². The van der Waals surface area contributed by atoms with Crippen LogP contribution in [-0.2, 0) is 6.54 Å². The maximum Gasteiger partial charge on any atom is 0.151 e. The van der Waals surface area contributed by atoms with Crippen molar-refractivity contribution in [1.29, 1.82) is 0 Å². The van der Waals surface area contributed by atoms with E-state index in [0.29, 0.717) is 18.1 Å². The predicted octanol–water partition coefficient (Wildman–Crippen LogP) is 6.78. The Labute approximate surface area is 199 Å². The number of ether oxygens (including phenoxy) is 1. The van der Waals surface area contributed by atoms with Gasteiger partial charge in [0.2, 0.25) is 0 Å². The van der Waals surface area contributed by atoms with Crippen molar-refractivity contribution < 1.29 is 9.15 Å². The van der Waals surface area contributed by atoms with E-state index in [0.717, 1.165) is 42.0 Å². The Morgan fingerprint density at radius 3 is 2.47 bits per heavy atom. The van der Waals surface area contributed by atoms with Gasteiger partial charge in [-0.2, -0.15) is 0 Å². The minimum atomic E-state index is 0.450. The second-order valence-electron chi connectivity index (χ2n) is 9.68. The lowest BCUT2D eigenvalue weighted by Crippen LogP contribution is -2.49. The molecule has 34 heavy (non-hydrogen) atoms. The Balaban J connectivity index is 1.23. The summed E-state index contributed by atoms with van der Waals surface area (Å²) in [7, 11) is 0. The zero-order valence-electron chi connectivity index (χ0n) is 19.0. The van der Waals surface area contributed by atoms with Crippen LogP contribution in [0.4, 0.5) is 11.4 Å². The molecule has 0 amide bonds. The minimum absolute atomic E-state index is 0.450. The molecule has 2 bridgehead atoms. The third-order valence-corrected chi connectivity index (χ3v) is 7.73. The number of hydrogen-bond donors (Lipinski definition) is 0. The number of aromatic nitrogens is 1. The van der Waals surface area contributed by atoms with Gasteiger partial charge in [0, 0.05) is 48.2 Å². The predicted molar refractivity (Wildman–Crippen MR) is 132 cm³/mol. The average Bonchev–Trinajstić information content (AvgIpc) is 3.47. The molecule has 3 atom stereocenters. The zero-order chi connectivity index (χ0) is 22.5. The van der Waals surface area contributed by atoms with E-state index in [1.165, 1.54) is 29.8 Å². The summed E-state index contributed by atoms with van der Waals surface area (Å²) in [6.07, 6.45) is 12.3. The summed E-state index contributed by atoms with van der Waals surface area (Å²) in [6.45, 7) is 0.989. The van der Waals surface area contributed by atoms with Gasteiger partial charge in [-0.05, 0) is 67.6 Å². The van der Waals surface area contributed by atoms with Gasteiger partial charge in [0.05, 0.1) is 23.9 Å². The second kappa shape index (κ2) is 8.03. The van der Waals surface area contributed by atoms with Crippen LogP contribution in [0.3, 0.4) is 0 Å². The van der Waals surface area contributed by atoms with Crippen molar-refractivity contribution in [3.63, 3.8) is 0 Å². The molecule has 2 aromatic carbocycles. The van der Waals surface area contributed by atoms with E-state index >= 15 is 0 Å². The normalized spacial score (nSPS) is 23.3. The molecule has 0 N–H and O–H groups in total. The van der Waals surface area contributed by atoms with Gasteiger partial charge in [0.25, 0.3) is 0 Å². The maximum atomic E-state index is 6.44. The molecule has 0 unspecified atom stereocenters. The topological polar surface area (TPSA) is 41.7 Å². The number of fused-ring (bicyclic) bond motifs is 4. The molecular weight excluding hydrogens is 422 g/mol. The van der Waals surface area contributed by atoms with Gasteiger partial charge in [-0.15, -0.1) is 0 Å². The van der Waals surface area contributed by atoms with E-state index in [1.807, 2.05) is 24.7 Å². The Bertz CT molecular complexity index is 1290. The number of nitrogens with zero attached hydrogens (tertiary/aromatic N) is 3. The lowest BCUT2D eigenvalue weighted by molar-refractivity contribution is 0.119. The summed E-state index contributed by atoms with van der Waals surface area (Å²) < 4.78 is 11.8. The van der Waals surface area contributed by atoms with Crippen LogP contribution in [0.25, 0.3) is 11.1 Å². The molecule has 0 saturated carbocycles. The molecule has 2 fully saturated rings. The van der Waals surface area contributed by atoms with Crippen LogP contribution in [-0.4, -0.2) is 28.0 Å². The molecule has 2 aromatic heterocycles. The van der Waals surface area contributed by atoms with Crippen molar-refractivity contribution in [3.8, 4) is 22.6 Å². The number of piperidine rings is 1. The maximum absolute atomic E-state index is 6.44. The quantitative estimate of drug-likeness (QED) is 0.343. The van der Waals surface area contributed by atoms with Crippen LogP contribution in [0, 0.1) is 0 Å². The highest BCUT2D eigenvalue weighted by Gasteiger charge is 2.44. The van der Waals surface area contributed by atoms with Gasteiger partial charge < -0.3 is 14.1 Å². The molecule has 7 rings (SSSR count). The number of anilines is 2. The summed E-state index contributed by atoms with van der Waals surface area (Å²) in [5.74, 6) is 1.86. The fourth-order valence-electron chi connectivity index (χ4n) is 6.20. The molecule has 170 valence electrons. The highest BCUT2D eigenvalue weighted by atomic mass is 16.5. The summed E-state index contributed by atoms with van der Waals surface area (Å²) >= 11 is 0. The van der Waals surface area contributed by atoms with Crippen LogP contribution in [0.1, 0.15) is 31.2 Å². The fraction of sp³-hybridized carbons (Fsp3) is 0.276. The first-order valence-corrected chi connectivity index (χ1v) is 12.2. The lowest BCUT2D eigenvalue weighted by Gasteiger charge is -2.46. The molecule has 5 heterocycles. The lowest BCUT2D eigenvalue weighted by atomic mass is 9.93. The van der Waals surface area contributed by atoms with Crippen LogP contribution >= 0.6 is 0 Å². The summed E-state index contributed by atoms with van der Waals surface area (Å²) in [5.41, 5.74) is 5.85. The molecule has 3 aliphatic heterocycles. The number of hydrogen-bond acceptors (Lipinski definition) is 5. The Hall–Kier alpha value is -3.57. The minimum Gasteiger partial charge on any atom is -0.472 e. The van der Waals surface area contributed by atoms with Gasteiger partial charge in [0.15, 0.2) is 11.5 Å². The average molecular weight is 450 g/mol. The Morgan fingerprint density at radius 2 is 1.68 bits per heavy atom. The number of furan rings is 1. The highest BCUT2D eigenvalue weighted by Crippen LogP contribution is 2.51. The fourth-order valence-corrected chi connectivity index (χ4v) is 6.20. The van der Waals surface area contributed by atoms with E-state index < -0.39 is 0 Å². The van der Waals surface area contributed by atoms with Gasteiger partial charge in [-0.3, -0.25) is 9.88 Å². The molecule has 0 spiro atoms. The zero-order valence-corrected chi connectivity index (χ0v) is 19.0. The van der Waals surface area contributed by atoms with Crippen LogP contribution < -0.4 is 9.64 Å². The van der Waals surface area contributed by atoms with Crippen molar-refractivity contribution in [2.24, 2.45) is 0 Å². The third-order valence-electron chi connectivity index (χ3n) is 7.73. The molecular formula is C29H27N3O2. The van der Waals surface area contributed by atoms with E-state index in [-0.39, 0.29) is 0 Å². The van der Waals surface area contributed by atoms with Crippen LogP contribution in [0.2, 0.25) is 0 Å². The third kappa shape index (κ3) is 3.31. The first-order valence-electron chi connectivity index (χ1n) is 12.2. The molecule has 3 aliphatic rings. The number of pyridine rings is 1. The number of benzene rings is 2. The molecule has 4 aromatic rings. The standard InChI is InChI=1S/C29H27N3O2/c1-2-6-28-26(5-1)32(27-10-7-21(14-29(27)34-28)22-4-3-12-30-17-22)25-15-23-8-9-24(16-25)31(23)18-20-11-13-33-19-20/h1-7,10-14,17,19,23-25H,8-9,15-16,18H2/t23-,24+,25-. The molecule has 5 heteroatoms. The molecule has 0 aliphatic carbocycles. The largest absolute Gasteiger partial charge is 0.472 e. The summed E-state index contributed by atoms with van der Waals surface area (Å²) in [4.78, 5) is 9.56. The summed E-state index contributed by atoms with van der Waals surface area (Å²) in [6, 6.07) is 22.9. The van der Waals surface area contributed by atoms with Crippen molar-refractivity contribution in [3.05, 3.63) is 91.1 Å². The number of para-hydroxylation sites is 2. The van der Waals surface area contributed by atoms with E-state index in [2.05, 4.69) is 69.4 Å². The Morgan fingerprint density at radius 1 is 0.824 bits per heavy atom. The first-order chi connectivity index (χ1) is 16.8. The van der Waals surface area contributed by atoms with E-state index in [1.54, 1.807) is 6.26 Å². The van der Waals surface area contributed by atoms with Gasteiger partial charge in [0.1, 0.15) is 0 Å². The van der Waals surface area contributed by atoms with E-state index in [4.69, 9.17) is 9.15 Å². The first kappa shape index (κ1) is 19.9. The van der Waals surface area contributed by atoms with Crippen LogP contribution in [0.15, 0.2) is 90.0 Å². The number of rotatable bonds is 4. The Kier molecular flexibility index (Phi) is 4.69. The SMILES string of the molecule is c1cncc(-c2ccc3c(c2)Oc2ccccc2N3[C@@H]2C[C@H]3CC[C@@H](C2)N3Cc2ccoc2)c1. The second-order valence-corrected chi connectivity index (χ2v) is 9.68. The van der Waals surface area contributed by atoms with Crippen molar-refractivity contribution in [2.45, 2.75) is 50.4 Å². The highest BCUT2D eigenvalue weighted by molar-refractivity contribution is 5.81. The summed E-state index contributed by atoms with van der Waals surface area (Å²) in [5, 5.41) is 0. The monoisotopic (exact) mass is 449 g/mol. The van der Waals surface area contributed by atoms with Gasteiger partial charge in [-0.25, -0.2) is 0 Å². The van der Waals surface area contributed by atoms with Crippen molar-refractivity contribution >= 4 is 11.4 Å². The molecule has 0 radical (unpaired) electrons.